The summed E-state index contributed by atoms with van der Waals surface area (Å²) in [6, 6.07) is 0. The van der Waals surface area contributed by atoms with Gasteiger partial charge in [-0.1, -0.05) is 0 Å². The number of aromatic nitrogens is 2. The molecule has 1 fully saturated rings. The molecule has 0 aliphatic carbocycles. The molecule has 0 bridgehead atoms. The number of aryl methyl sites for hydroxylation is 1. The number of imidazole rings is 1. The topological polar surface area (TPSA) is 61.6 Å². The number of hydrogen-bond donors (Lipinski definition) is 1. The van der Waals surface area contributed by atoms with Gasteiger partial charge in [0, 0.05) is 64.0 Å². The highest BCUT2D eigenvalue weighted by atomic mass is 16.3. The van der Waals surface area contributed by atoms with Gasteiger partial charge in [0.25, 0.3) is 0 Å². The number of carbonyl (C=O) groups excluding carboxylic acids is 1. The molecule has 1 aromatic heterocycles. The molecule has 3 heterocycles. The first-order valence-corrected chi connectivity index (χ1v) is 7.40. The van der Waals surface area contributed by atoms with Crippen molar-refractivity contribution in [2.45, 2.75) is 19.4 Å². The van der Waals surface area contributed by atoms with E-state index < -0.39 is 0 Å². The van der Waals surface area contributed by atoms with Gasteiger partial charge in [-0.2, -0.15) is 0 Å². The first kappa shape index (κ1) is 13.6. The van der Waals surface area contributed by atoms with E-state index in [0.29, 0.717) is 6.54 Å². The van der Waals surface area contributed by atoms with Gasteiger partial charge < -0.3 is 14.6 Å². The van der Waals surface area contributed by atoms with Gasteiger partial charge in [0.15, 0.2) is 0 Å². The summed E-state index contributed by atoms with van der Waals surface area (Å²) in [6.07, 6.45) is 5.49. The summed E-state index contributed by atoms with van der Waals surface area (Å²) >= 11 is 0. The standard InChI is InChI=1S/C14H22N4O2/c19-10-9-16-5-7-18(8-6-16)14(20)12-1-3-17-4-2-15-13(17)11-12/h2,4,12,19H,1,3,5-11H2. The highest BCUT2D eigenvalue weighted by Gasteiger charge is 2.30. The van der Waals surface area contributed by atoms with Crippen LogP contribution >= 0.6 is 0 Å². The second kappa shape index (κ2) is 5.93. The van der Waals surface area contributed by atoms with Gasteiger partial charge in [-0.05, 0) is 6.42 Å². The Morgan fingerprint density at radius 3 is 2.85 bits per heavy atom. The lowest BCUT2D eigenvalue weighted by Gasteiger charge is -2.36. The van der Waals surface area contributed by atoms with Crippen LogP contribution in [0.25, 0.3) is 0 Å². The lowest BCUT2D eigenvalue weighted by Crippen LogP contribution is -2.51. The number of aliphatic hydroxyl groups is 1. The van der Waals surface area contributed by atoms with Crippen LogP contribution in [0.1, 0.15) is 12.2 Å². The molecule has 1 unspecified atom stereocenters. The van der Waals surface area contributed by atoms with Gasteiger partial charge in [0.05, 0.1) is 6.61 Å². The largest absolute Gasteiger partial charge is 0.395 e. The first-order chi connectivity index (χ1) is 9.78. The summed E-state index contributed by atoms with van der Waals surface area (Å²) in [6.45, 7) is 5.10. The Kier molecular flexibility index (Phi) is 4.03. The Labute approximate surface area is 119 Å². The van der Waals surface area contributed by atoms with Crippen molar-refractivity contribution >= 4 is 5.91 Å². The van der Waals surface area contributed by atoms with Crippen LogP contribution in [0.15, 0.2) is 12.4 Å². The summed E-state index contributed by atoms with van der Waals surface area (Å²) in [5.74, 6) is 1.41. The zero-order chi connectivity index (χ0) is 13.9. The molecule has 0 spiro atoms. The second-order valence-electron chi connectivity index (χ2n) is 5.62. The Morgan fingerprint density at radius 2 is 2.10 bits per heavy atom. The Balaban J connectivity index is 1.55. The highest BCUT2D eigenvalue weighted by Crippen LogP contribution is 2.21. The predicted octanol–water partition coefficient (Wildman–Crippen LogP) is -0.418. The first-order valence-electron chi connectivity index (χ1n) is 7.40. The second-order valence-corrected chi connectivity index (χ2v) is 5.62. The van der Waals surface area contributed by atoms with E-state index in [1.165, 1.54) is 0 Å². The summed E-state index contributed by atoms with van der Waals surface area (Å²) in [4.78, 5) is 21.1. The number of β-amino-alcohol motifs (C(OH)–C–C–N with tert-alkyl or cyclic N) is 1. The maximum absolute atomic E-state index is 12.6. The SMILES string of the molecule is O=C(C1CCn2ccnc2C1)N1CCN(CCO)CC1. The van der Waals surface area contributed by atoms with Crippen molar-refractivity contribution < 1.29 is 9.90 Å². The minimum atomic E-state index is 0.0919. The van der Waals surface area contributed by atoms with Gasteiger partial charge >= 0.3 is 0 Å². The minimum Gasteiger partial charge on any atom is -0.395 e. The van der Waals surface area contributed by atoms with Gasteiger partial charge in [0.2, 0.25) is 5.91 Å². The lowest BCUT2D eigenvalue weighted by atomic mass is 9.96. The highest BCUT2D eigenvalue weighted by molar-refractivity contribution is 5.79. The van der Waals surface area contributed by atoms with E-state index in [0.717, 1.165) is 51.4 Å². The molecule has 2 aliphatic rings. The molecule has 3 rings (SSSR count). The lowest BCUT2D eigenvalue weighted by molar-refractivity contribution is -0.138. The summed E-state index contributed by atoms with van der Waals surface area (Å²) in [5, 5.41) is 8.94. The average Bonchev–Trinajstić information content (AvgIpc) is 2.95. The molecular formula is C14H22N4O2. The molecule has 1 aromatic rings. The number of piperazine rings is 1. The van der Waals surface area contributed by atoms with Crippen LogP contribution in [0.4, 0.5) is 0 Å². The molecule has 6 nitrogen and oxygen atoms in total. The van der Waals surface area contributed by atoms with E-state index in [2.05, 4.69) is 14.5 Å². The van der Waals surface area contributed by atoms with E-state index in [1.54, 1.807) is 0 Å². The Bertz CT molecular complexity index is 465. The fraction of sp³-hybridized carbons (Fsp3) is 0.714. The predicted molar refractivity (Wildman–Crippen MR) is 74.1 cm³/mol. The number of hydrogen-bond acceptors (Lipinski definition) is 4. The average molecular weight is 278 g/mol. The van der Waals surface area contributed by atoms with E-state index >= 15 is 0 Å². The van der Waals surface area contributed by atoms with Crippen LogP contribution < -0.4 is 0 Å². The van der Waals surface area contributed by atoms with Crippen molar-refractivity contribution in [3.63, 3.8) is 0 Å². The number of aliphatic hydroxyl groups excluding tert-OH is 1. The molecule has 6 heteroatoms. The van der Waals surface area contributed by atoms with Gasteiger partial charge in [-0.25, -0.2) is 4.98 Å². The van der Waals surface area contributed by atoms with Crippen LogP contribution in [0.3, 0.4) is 0 Å². The minimum absolute atomic E-state index is 0.0919. The summed E-state index contributed by atoms with van der Waals surface area (Å²) < 4.78 is 2.14. The van der Waals surface area contributed by atoms with Crippen LogP contribution in [0, 0.1) is 5.92 Å². The molecule has 0 radical (unpaired) electrons. The molecule has 2 aliphatic heterocycles. The van der Waals surface area contributed by atoms with Crippen molar-refractivity contribution in [3.8, 4) is 0 Å². The van der Waals surface area contributed by atoms with Crippen molar-refractivity contribution in [2.24, 2.45) is 5.92 Å². The van der Waals surface area contributed by atoms with Gasteiger partial charge in [0.1, 0.15) is 5.82 Å². The number of rotatable bonds is 3. The van der Waals surface area contributed by atoms with Crippen molar-refractivity contribution in [1.82, 2.24) is 19.4 Å². The zero-order valence-corrected chi connectivity index (χ0v) is 11.7. The van der Waals surface area contributed by atoms with E-state index in [-0.39, 0.29) is 18.4 Å². The van der Waals surface area contributed by atoms with E-state index in [9.17, 15) is 4.79 Å². The molecule has 20 heavy (non-hydrogen) atoms. The molecule has 110 valence electrons. The molecular weight excluding hydrogens is 256 g/mol. The number of amides is 1. The molecule has 0 saturated carbocycles. The molecule has 1 saturated heterocycles. The van der Waals surface area contributed by atoms with Crippen molar-refractivity contribution in [2.75, 3.05) is 39.3 Å². The van der Waals surface area contributed by atoms with Crippen LogP contribution in [0.5, 0.6) is 0 Å². The third kappa shape index (κ3) is 2.71. The quantitative estimate of drug-likeness (QED) is 0.816. The third-order valence-corrected chi connectivity index (χ3v) is 4.40. The molecule has 0 aromatic carbocycles. The number of fused-ring (bicyclic) bond motifs is 1. The zero-order valence-electron chi connectivity index (χ0n) is 11.7. The monoisotopic (exact) mass is 278 g/mol. The van der Waals surface area contributed by atoms with Crippen molar-refractivity contribution in [1.29, 1.82) is 0 Å². The van der Waals surface area contributed by atoms with E-state index in [1.807, 2.05) is 17.3 Å². The fourth-order valence-electron chi connectivity index (χ4n) is 3.15. The smallest absolute Gasteiger partial charge is 0.226 e. The summed E-state index contributed by atoms with van der Waals surface area (Å²) in [5.41, 5.74) is 0. The fourth-order valence-corrected chi connectivity index (χ4v) is 3.15. The third-order valence-electron chi connectivity index (χ3n) is 4.40. The number of carbonyl (C=O) groups is 1. The van der Waals surface area contributed by atoms with Crippen LogP contribution in [0.2, 0.25) is 0 Å². The van der Waals surface area contributed by atoms with Gasteiger partial charge in [-0.3, -0.25) is 9.69 Å². The molecule has 1 amide bonds. The van der Waals surface area contributed by atoms with Crippen molar-refractivity contribution in [3.05, 3.63) is 18.2 Å². The maximum Gasteiger partial charge on any atom is 0.226 e. The summed E-state index contributed by atoms with van der Waals surface area (Å²) in [7, 11) is 0. The van der Waals surface area contributed by atoms with Crippen LogP contribution in [-0.4, -0.2) is 69.7 Å². The van der Waals surface area contributed by atoms with E-state index in [4.69, 9.17) is 5.11 Å². The molecule has 1 N–H and O–H groups in total. The normalized spacial score (nSPS) is 23.6. The van der Waals surface area contributed by atoms with Crippen LogP contribution in [-0.2, 0) is 17.8 Å². The Hall–Kier alpha value is -1.40. The van der Waals surface area contributed by atoms with Gasteiger partial charge in [-0.15, -0.1) is 0 Å². The Morgan fingerprint density at radius 1 is 1.30 bits per heavy atom. The maximum atomic E-state index is 12.6. The molecule has 1 atom stereocenters. The number of nitrogens with zero attached hydrogens (tertiary/aromatic N) is 4.